The molecule has 3 heterocycles. The van der Waals surface area contributed by atoms with Crippen LogP contribution in [0, 0.1) is 20.8 Å². The molecule has 3 aromatic carbocycles. The van der Waals surface area contributed by atoms with Crippen molar-refractivity contribution in [3.63, 3.8) is 0 Å². The highest BCUT2D eigenvalue weighted by Gasteiger charge is 2.27. The summed E-state index contributed by atoms with van der Waals surface area (Å²) in [6, 6.07) is 30.1. The lowest BCUT2D eigenvalue weighted by Crippen LogP contribution is -2.48. The van der Waals surface area contributed by atoms with Crippen molar-refractivity contribution in [2.45, 2.75) is 118 Å². The second-order valence-electron chi connectivity index (χ2n) is 22.4. The van der Waals surface area contributed by atoms with Crippen LogP contribution in [0.4, 0.5) is 0 Å². The molecule has 0 spiro atoms. The molecule has 0 saturated carbocycles. The Labute approximate surface area is 545 Å². The van der Waals surface area contributed by atoms with Gasteiger partial charge in [0.05, 0.1) is 40.6 Å². The maximum absolute atomic E-state index is 14.8. The largest absolute Gasteiger partial charge is 0.482 e. The highest BCUT2D eigenvalue weighted by atomic mass is 32.2. The Morgan fingerprint density at radius 2 is 0.830 bits per heavy atom. The molecule has 6 aromatic rings. The zero-order valence-electron chi connectivity index (χ0n) is 52.6. The van der Waals surface area contributed by atoms with E-state index in [9.17, 15) is 72.5 Å². The quantitative estimate of drug-likeness (QED) is 0.0166. The fourth-order valence-corrected chi connectivity index (χ4v) is 12.0. The lowest BCUT2D eigenvalue weighted by atomic mass is 10.1. The minimum absolute atomic E-state index is 0.000812. The van der Waals surface area contributed by atoms with Crippen LogP contribution in [0.3, 0.4) is 0 Å². The number of carbonyl (C=O) groups excluding carboxylic acids is 4. The summed E-state index contributed by atoms with van der Waals surface area (Å²) in [5.74, 6) is -4.66. The van der Waals surface area contributed by atoms with Crippen LogP contribution < -0.4 is 46.8 Å². The van der Waals surface area contributed by atoms with Crippen LogP contribution in [0.5, 0.6) is 17.2 Å². The lowest BCUT2D eigenvalue weighted by molar-refractivity contribution is -0.128. The van der Waals surface area contributed by atoms with Gasteiger partial charge in [0.1, 0.15) is 19.8 Å². The number of carbonyl (C=O) groups is 4. The van der Waals surface area contributed by atoms with Crippen LogP contribution in [0.15, 0.2) is 124 Å². The first kappa shape index (κ1) is 74.5. The normalized spacial score (nSPS) is 12.0. The first-order chi connectivity index (χ1) is 44.7. The summed E-state index contributed by atoms with van der Waals surface area (Å²) in [4.78, 5) is 99.6. The van der Waals surface area contributed by atoms with E-state index in [-0.39, 0.29) is 171 Å². The average Bonchev–Trinajstić information content (AvgIpc) is 0.813. The Morgan fingerprint density at radius 3 is 1.15 bits per heavy atom. The molecule has 6 rings (SSSR count). The topological polar surface area (TPSA) is 374 Å². The molecule has 1 atom stereocenters. The third kappa shape index (κ3) is 24.4. The van der Waals surface area contributed by atoms with Crippen LogP contribution in [0.2, 0.25) is 0 Å². The van der Waals surface area contributed by atoms with Gasteiger partial charge in [-0.25, -0.2) is 0 Å². The molecule has 94 heavy (non-hydrogen) atoms. The molecule has 0 aliphatic carbocycles. The van der Waals surface area contributed by atoms with E-state index < -0.39 is 88.1 Å². The first-order valence-electron chi connectivity index (χ1n) is 30.5. The van der Waals surface area contributed by atoms with Crippen LogP contribution >= 0.6 is 0 Å². The summed E-state index contributed by atoms with van der Waals surface area (Å²) in [6.45, 7) is 4.44. The molecule has 0 radical (unpaired) electrons. The number of pyridine rings is 3. The zero-order valence-corrected chi connectivity index (χ0v) is 55.1. The average molecular weight is 1360 g/mol. The highest BCUT2D eigenvalue weighted by molar-refractivity contribution is 7.86. The number of rotatable bonds is 41. The van der Waals surface area contributed by atoms with Crippen molar-refractivity contribution in [2.24, 2.45) is 0 Å². The smallest absolute Gasteiger partial charge is 0.293 e. The molecule has 0 aliphatic rings. The number of amides is 3. The second-order valence-corrected chi connectivity index (χ2v) is 27.1. The Bertz CT molecular complexity index is 3910. The lowest BCUT2D eigenvalue weighted by Gasteiger charge is -2.29. The van der Waals surface area contributed by atoms with Crippen molar-refractivity contribution in [2.75, 3.05) is 56.6 Å². The third-order valence-electron chi connectivity index (χ3n) is 15.0. The number of aryl methyl sites for hydroxylation is 3. The number of ether oxygens (including phenoxy) is 4. The second kappa shape index (κ2) is 36.2. The monoisotopic (exact) mass is 1360 g/mol. The van der Waals surface area contributed by atoms with Gasteiger partial charge in [-0.1, -0.05) is 91.0 Å². The van der Waals surface area contributed by atoms with E-state index in [1.807, 2.05) is 0 Å². The van der Waals surface area contributed by atoms with Crippen molar-refractivity contribution in [1.29, 1.82) is 0 Å². The summed E-state index contributed by atoms with van der Waals surface area (Å²) in [5.41, 5.74) is 0.633. The molecular weight excluding hydrogens is 1280 g/mol. The van der Waals surface area contributed by atoms with Gasteiger partial charge >= 0.3 is 0 Å². The van der Waals surface area contributed by atoms with E-state index in [0.717, 1.165) is 0 Å². The Hall–Kier alpha value is -8.52. The highest BCUT2D eigenvalue weighted by Crippen LogP contribution is 2.22. The SMILES string of the molecule is Cc1cc(C(=O)NCCN(CCNC(=O)c2cc(C)n(CCCCS(=O)(=O)O)c(=O)c2OCc2ccccc2)CC(CCCOC=O)NC(=O)c2cc(C)n(CCCCS(=O)(=O)O)c(=O)c2OCc2ccccc2)c(OCc2ccccc2)c(=O)n1CCCCS(=O)(=O)O. The predicted molar refractivity (Wildman–Crippen MR) is 349 cm³/mol. The first-order valence-corrected chi connectivity index (χ1v) is 35.3. The van der Waals surface area contributed by atoms with Gasteiger partial charge in [0, 0.05) is 75.5 Å². The van der Waals surface area contributed by atoms with Gasteiger partial charge in [0.2, 0.25) is 0 Å². The molecule has 3 aromatic heterocycles. The van der Waals surface area contributed by atoms with Gasteiger partial charge in [0.25, 0.3) is 71.2 Å². The van der Waals surface area contributed by atoms with Gasteiger partial charge in [-0.05, 0) is 107 Å². The van der Waals surface area contributed by atoms with Crippen molar-refractivity contribution >= 4 is 54.5 Å². The molecule has 27 nitrogen and oxygen atoms in total. The molecule has 0 fully saturated rings. The standard InChI is InChI=1S/C64H81N7O20S3/c1-46-38-53(56(89-42-49-20-7-4-8-21-49)62(76)69(46)29-13-16-35-92(79,80)81)59(73)65-27-32-68(33-28-66-60(74)54-39-47(2)70(30-14-17-36-93(82,83)84)63(77)57(54)90-43-50-22-9-5-10-23-50)41-52(26-19-34-88-45-72)67-61(75)55-40-48(3)71(31-15-18-37-94(85,86)87)64(78)58(55)91-44-51-24-11-6-12-25-51/h4-12,20-25,38-40,45,52H,13-19,26-37,41-44H2,1-3H3,(H,65,73)(H,66,74)(H,67,75)(H,79,80,81)(H,82,83,84)(H,85,86,87). The minimum atomic E-state index is -4.28. The molecule has 0 bridgehead atoms. The number of aromatic nitrogens is 3. The number of hydrogen-bond acceptors (Lipinski definition) is 18. The molecule has 0 aliphatic heterocycles. The maximum atomic E-state index is 14.8. The predicted octanol–water partition coefficient (Wildman–Crippen LogP) is 5.05. The van der Waals surface area contributed by atoms with Gasteiger partial charge in [-0.2, -0.15) is 25.3 Å². The number of unbranched alkanes of at least 4 members (excludes halogenated alkanes) is 3. The Morgan fingerprint density at radius 1 is 0.500 bits per heavy atom. The van der Waals surface area contributed by atoms with Crippen LogP contribution in [-0.2, 0) is 79.3 Å². The summed E-state index contributed by atoms with van der Waals surface area (Å²) in [5, 5.41) is 8.74. The van der Waals surface area contributed by atoms with Crippen molar-refractivity contribution in [3.05, 3.63) is 191 Å². The van der Waals surface area contributed by atoms with Crippen LogP contribution in [0.25, 0.3) is 0 Å². The van der Waals surface area contributed by atoms with E-state index in [2.05, 4.69) is 16.0 Å². The maximum Gasteiger partial charge on any atom is 0.293 e. The van der Waals surface area contributed by atoms with Gasteiger partial charge < -0.3 is 48.6 Å². The molecule has 3 amide bonds. The molecule has 6 N–H and O–H groups in total. The molecule has 30 heteroatoms. The van der Waals surface area contributed by atoms with E-state index in [1.54, 1.807) is 117 Å². The molecule has 0 saturated heterocycles. The number of nitrogens with one attached hydrogen (secondary N) is 3. The Balaban J connectivity index is 1.33. The molecule has 510 valence electrons. The summed E-state index contributed by atoms with van der Waals surface area (Å²) >= 11 is 0. The molecule has 1 unspecified atom stereocenters. The van der Waals surface area contributed by atoms with Crippen molar-refractivity contribution < 1.29 is 77.0 Å². The van der Waals surface area contributed by atoms with E-state index in [0.29, 0.717) is 33.8 Å². The van der Waals surface area contributed by atoms with E-state index >= 15 is 0 Å². The van der Waals surface area contributed by atoms with Gasteiger partial charge in [-0.3, -0.25) is 52.1 Å². The third-order valence-corrected chi connectivity index (χ3v) is 17.4. The summed E-state index contributed by atoms with van der Waals surface area (Å²) in [6.07, 6.45) is 0.998. The number of nitrogens with zero attached hydrogens (tertiary/aromatic N) is 4. The van der Waals surface area contributed by atoms with E-state index in [1.165, 1.54) is 31.9 Å². The van der Waals surface area contributed by atoms with Crippen molar-refractivity contribution in [1.82, 2.24) is 34.6 Å². The van der Waals surface area contributed by atoms with Gasteiger partial charge in [-0.15, -0.1) is 0 Å². The Kier molecular flexibility index (Phi) is 28.7. The van der Waals surface area contributed by atoms with Gasteiger partial charge in [0.15, 0.2) is 17.2 Å². The zero-order chi connectivity index (χ0) is 68.4. The summed E-state index contributed by atoms with van der Waals surface area (Å²) < 4.78 is 124. The number of hydrogen-bond donors (Lipinski definition) is 6. The number of benzene rings is 3. The minimum Gasteiger partial charge on any atom is -0.482 e. The molecular formula is C64H81N7O20S3. The van der Waals surface area contributed by atoms with Crippen LogP contribution in [0.1, 0.15) is 116 Å². The van der Waals surface area contributed by atoms with Crippen molar-refractivity contribution in [3.8, 4) is 17.2 Å². The fraction of sp³-hybridized carbons (Fsp3) is 0.422. The van der Waals surface area contributed by atoms with Crippen LogP contribution in [-0.4, -0.2) is 144 Å². The fourth-order valence-electron chi connectivity index (χ4n) is 10.2. The van der Waals surface area contributed by atoms with E-state index in [4.69, 9.17) is 18.9 Å². The summed E-state index contributed by atoms with van der Waals surface area (Å²) in [7, 11) is -12.8.